The van der Waals surface area contributed by atoms with Gasteiger partial charge in [-0.25, -0.2) is 9.37 Å². The zero-order valence-corrected chi connectivity index (χ0v) is 15.7. The second-order valence-corrected chi connectivity index (χ2v) is 6.99. The largest absolute Gasteiger partial charge is 0.417 e. The number of rotatable bonds is 0. The fraction of sp³-hybridized carbons (Fsp3) is 0.200. The van der Waals surface area contributed by atoms with E-state index >= 15 is 0 Å². The molecule has 0 saturated carbocycles. The van der Waals surface area contributed by atoms with Crippen molar-refractivity contribution in [2.75, 3.05) is 10.6 Å². The Morgan fingerprint density at radius 3 is 2.32 bits per heavy atom. The van der Waals surface area contributed by atoms with Crippen molar-refractivity contribution in [2.45, 2.75) is 19.3 Å². The average molecular weight is 442 g/mol. The van der Waals surface area contributed by atoms with Crippen molar-refractivity contribution < 1.29 is 30.7 Å². The molecule has 0 aliphatic carbocycles. The summed E-state index contributed by atoms with van der Waals surface area (Å²) >= 11 is 0. The Bertz CT molecular complexity index is 1240. The van der Waals surface area contributed by atoms with Crippen LogP contribution in [0.15, 0.2) is 47.1 Å². The summed E-state index contributed by atoms with van der Waals surface area (Å²) < 4.78 is 91.8. The predicted molar refractivity (Wildman–Crippen MR) is 101 cm³/mol. The summed E-state index contributed by atoms with van der Waals surface area (Å²) in [5, 5.41) is 5.69. The van der Waals surface area contributed by atoms with Crippen molar-refractivity contribution in [1.29, 1.82) is 0 Å². The molecule has 0 fully saturated rings. The highest BCUT2D eigenvalue weighted by Crippen LogP contribution is 2.36. The SMILES string of the molecule is CC1C=C(C(F)(F)F)C=NC1=c1ccc(=C2Nc3cc(C(F)(F)F)cnc3N2)c(F)c1. The van der Waals surface area contributed by atoms with Gasteiger partial charge in [0.1, 0.15) is 11.6 Å². The zero-order chi connectivity index (χ0) is 22.6. The molecule has 31 heavy (non-hydrogen) atoms. The molecule has 1 atom stereocenters. The lowest BCUT2D eigenvalue weighted by Crippen LogP contribution is -2.24. The van der Waals surface area contributed by atoms with E-state index in [0.29, 0.717) is 12.4 Å². The summed E-state index contributed by atoms with van der Waals surface area (Å²) in [6.45, 7) is 1.51. The van der Waals surface area contributed by atoms with Gasteiger partial charge in [-0.1, -0.05) is 19.1 Å². The van der Waals surface area contributed by atoms with E-state index in [2.05, 4.69) is 20.6 Å². The number of hydrogen-bond acceptors (Lipinski definition) is 4. The number of dihydropyridines is 1. The maximum absolute atomic E-state index is 14.8. The standard InChI is InChI=1S/C20H13F7N4/c1-9-4-11(19(22,23)24)7-28-16(9)10-2-3-13(14(21)5-10)17-30-15-6-12(20(25,26)27)8-29-18(15)31-17/h2-9,30H,1H3,(H,29,31). The first-order valence-corrected chi connectivity index (χ1v) is 8.92. The molecular formula is C20H13F7N4. The van der Waals surface area contributed by atoms with E-state index in [-0.39, 0.29) is 33.5 Å². The van der Waals surface area contributed by atoms with Crippen LogP contribution in [0.1, 0.15) is 12.5 Å². The zero-order valence-electron chi connectivity index (χ0n) is 15.7. The van der Waals surface area contributed by atoms with Crippen LogP contribution in [0, 0.1) is 11.7 Å². The minimum absolute atomic E-state index is 0.0230. The third-order valence-electron chi connectivity index (χ3n) is 4.78. The summed E-state index contributed by atoms with van der Waals surface area (Å²) in [4.78, 5) is 7.54. The highest BCUT2D eigenvalue weighted by Gasteiger charge is 2.35. The minimum Gasteiger partial charge on any atom is -0.338 e. The second-order valence-electron chi connectivity index (χ2n) is 6.99. The van der Waals surface area contributed by atoms with Gasteiger partial charge >= 0.3 is 12.4 Å². The second kappa shape index (κ2) is 7.10. The van der Waals surface area contributed by atoms with Crippen molar-refractivity contribution in [2.24, 2.45) is 10.9 Å². The van der Waals surface area contributed by atoms with Crippen molar-refractivity contribution in [3.8, 4) is 0 Å². The van der Waals surface area contributed by atoms with Crippen LogP contribution in [0.2, 0.25) is 0 Å². The number of halogens is 7. The Kier molecular flexibility index (Phi) is 4.78. The van der Waals surface area contributed by atoms with Crippen LogP contribution >= 0.6 is 0 Å². The monoisotopic (exact) mass is 442 g/mol. The minimum atomic E-state index is -4.58. The molecule has 162 valence electrons. The highest BCUT2D eigenvalue weighted by molar-refractivity contribution is 5.89. The fourth-order valence-corrected chi connectivity index (χ4v) is 3.26. The van der Waals surface area contributed by atoms with Crippen molar-refractivity contribution in [1.82, 2.24) is 4.98 Å². The lowest BCUT2D eigenvalue weighted by Gasteiger charge is -2.17. The summed E-state index contributed by atoms with van der Waals surface area (Å²) in [5.74, 6) is -1.24. The highest BCUT2D eigenvalue weighted by atomic mass is 19.4. The van der Waals surface area contributed by atoms with E-state index < -0.39 is 35.2 Å². The first kappa shape index (κ1) is 20.9. The molecular weight excluding hydrogens is 429 g/mol. The molecule has 1 aromatic carbocycles. The van der Waals surface area contributed by atoms with Gasteiger partial charge < -0.3 is 10.6 Å². The van der Waals surface area contributed by atoms with Gasteiger partial charge in [-0.3, -0.25) is 4.99 Å². The van der Waals surface area contributed by atoms with Crippen LogP contribution in [-0.2, 0) is 6.18 Å². The number of aromatic nitrogens is 1. The Balaban J connectivity index is 1.71. The lowest BCUT2D eigenvalue weighted by molar-refractivity contribution is -0.137. The third-order valence-corrected chi connectivity index (χ3v) is 4.78. The van der Waals surface area contributed by atoms with E-state index in [1.807, 2.05) is 0 Å². The van der Waals surface area contributed by atoms with E-state index in [1.54, 1.807) is 0 Å². The van der Waals surface area contributed by atoms with Crippen LogP contribution in [0.25, 0.3) is 11.5 Å². The summed E-state index contributed by atoms with van der Waals surface area (Å²) in [5.41, 5.74) is -1.53. The maximum Gasteiger partial charge on any atom is 0.417 e. The molecule has 4 nitrogen and oxygen atoms in total. The van der Waals surface area contributed by atoms with E-state index in [0.717, 1.165) is 18.2 Å². The number of allylic oxidation sites excluding steroid dienone is 1. The van der Waals surface area contributed by atoms with E-state index in [4.69, 9.17) is 0 Å². The normalized spacial score (nSPS) is 21.9. The van der Waals surface area contributed by atoms with Crippen LogP contribution in [-0.4, -0.2) is 17.4 Å². The molecule has 4 rings (SSSR count). The van der Waals surface area contributed by atoms with Crippen LogP contribution in [0.5, 0.6) is 0 Å². The van der Waals surface area contributed by atoms with Crippen molar-refractivity contribution in [3.05, 3.63) is 63.9 Å². The number of aliphatic imine (C=N–C) groups is 1. The number of pyridine rings is 1. The van der Waals surface area contributed by atoms with Gasteiger partial charge in [0.2, 0.25) is 0 Å². The van der Waals surface area contributed by atoms with Gasteiger partial charge in [-0.05, 0) is 23.4 Å². The molecule has 1 unspecified atom stereocenters. The number of hydrogen-bond donors (Lipinski definition) is 2. The first-order valence-electron chi connectivity index (χ1n) is 8.92. The van der Waals surface area contributed by atoms with Crippen molar-refractivity contribution in [3.63, 3.8) is 0 Å². The number of nitrogens with zero attached hydrogens (tertiary/aromatic N) is 2. The van der Waals surface area contributed by atoms with E-state index in [1.165, 1.54) is 19.1 Å². The Hall–Kier alpha value is -3.37. The smallest absolute Gasteiger partial charge is 0.338 e. The molecule has 2 aliphatic rings. The number of anilines is 2. The Morgan fingerprint density at radius 1 is 0.968 bits per heavy atom. The third kappa shape index (κ3) is 3.99. The molecule has 0 radical (unpaired) electrons. The number of alkyl halides is 6. The molecule has 2 aliphatic heterocycles. The van der Waals surface area contributed by atoms with Crippen molar-refractivity contribution >= 4 is 29.2 Å². The Morgan fingerprint density at radius 2 is 1.71 bits per heavy atom. The van der Waals surface area contributed by atoms with Gasteiger partial charge in [0.15, 0.2) is 5.82 Å². The molecule has 1 aromatic heterocycles. The van der Waals surface area contributed by atoms with Crippen LogP contribution < -0.4 is 21.1 Å². The van der Waals surface area contributed by atoms with Gasteiger partial charge in [0.05, 0.1) is 27.7 Å². The number of fused-ring (bicyclic) bond motifs is 1. The number of benzene rings is 1. The topological polar surface area (TPSA) is 49.3 Å². The quantitative estimate of drug-likeness (QED) is 0.603. The first-order chi connectivity index (χ1) is 14.4. The molecule has 2 N–H and O–H groups in total. The van der Waals surface area contributed by atoms with Crippen LogP contribution in [0.4, 0.5) is 42.2 Å². The molecule has 0 amide bonds. The average Bonchev–Trinajstić information content (AvgIpc) is 3.09. The molecule has 0 spiro atoms. The maximum atomic E-state index is 14.8. The molecule has 2 aromatic rings. The predicted octanol–water partition coefficient (Wildman–Crippen LogP) is 4.16. The fourth-order valence-electron chi connectivity index (χ4n) is 3.26. The van der Waals surface area contributed by atoms with Gasteiger partial charge in [0, 0.05) is 18.3 Å². The Labute approximate surface area is 170 Å². The van der Waals surface area contributed by atoms with E-state index in [9.17, 15) is 30.7 Å². The summed E-state index contributed by atoms with van der Waals surface area (Å²) in [6, 6.07) is 4.79. The summed E-state index contributed by atoms with van der Waals surface area (Å²) in [7, 11) is 0. The molecule has 3 heterocycles. The van der Waals surface area contributed by atoms with Gasteiger partial charge in [-0.15, -0.1) is 0 Å². The van der Waals surface area contributed by atoms with Gasteiger partial charge in [0.25, 0.3) is 0 Å². The van der Waals surface area contributed by atoms with Gasteiger partial charge in [-0.2, -0.15) is 26.3 Å². The number of nitrogens with one attached hydrogen (secondary N) is 2. The molecule has 0 saturated heterocycles. The summed E-state index contributed by atoms with van der Waals surface area (Å²) in [6.07, 6.45) is -6.74. The molecule has 0 bridgehead atoms. The lowest BCUT2D eigenvalue weighted by atomic mass is 9.99. The van der Waals surface area contributed by atoms with Crippen LogP contribution in [0.3, 0.4) is 0 Å². The molecule has 11 heteroatoms.